The molecule has 0 heterocycles. The molecule has 0 radical (unpaired) electrons. The van der Waals surface area contributed by atoms with Crippen LogP contribution in [0.3, 0.4) is 0 Å². The molecule has 3 rings (SSSR count). The van der Waals surface area contributed by atoms with E-state index in [0.29, 0.717) is 17.2 Å². The van der Waals surface area contributed by atoms with Crippen molar-refractivity contribution in [2.45, 2.75) is 58.3 Å². The fourth-order valence-corrected chi connectivity index (χ4v) is 3.89. The second-order valence-electron chi connectivity index (χ2n) is 7.57. The van der Waals surface area contributed by atoms with E-state index in [-0.39, 0.29) is 11.9 Å². The lowest BCUT2D eigenvalue weighted by Gasteiger charge is -2.27. The molecular formula is C24H27NO2. The van der Waals surface area contributed by atoms with E-state index in [4.69, 9.17) is 4.74 Å². The molecule has 1 fully saturated rings. The molecule has 0 atom stereocenters. The highest BCUT2D eigenvalue weighted by molar-refractivity contribution is 5.76. The van der Waals surface area contributed by atoms with Crippen LogP contribution in [0.5, 0.6) is 5.75 Å². The Morgan fingerprint density at radius 1 is 1.11 bits per heavy atom. The fourth-order valence-electron chi connectivity index (χ4n) is 3.89. The van der Waals surface area contributed by atoms with Crippen molar-refractivity contribution >= 4 is 5.97 Å². The van der Waals surface area contributed by atoms with Crippen molar-refractivity contribution < 1.29 is 9.53 Å². The maximum atomic E-state index is 12.6. The van der Waals surface area contributed by atoms with Crippen LogP contribution in [0, 0.1) is 24.2 Å². The minimum Gasteiger partial charge on any atom is -0.425 e. The molecule has 1 saturated carbocycles. The van der Waals surface area contributed by atoms with Gasteiger partial charge in [0.2, 0.25) is 0 Å². The summed E-state index contributed by atoms with van der Waals surface area (Å²) in [7, 11) is 0. The first-order chi connectivity index (χ1) is 13.1. The Morgan fingerprint density at radius 3 is 2.44 bits per heavy atom. The van der Waals surface area contributed by atoms with Crippen LogP contribution in [0.15, 0.2) is 42.5 Å². The number of nitrogens with zero attached hydrogens (tertiary/aromatic N) is 1. The summed E-state index contributed by atoms with van der Waals surface area (Å²) in [6.07, 6.45) is 5.63. The van der Waals surface area contributed by atoms with Gasteiger partial charge in [0.05, 0.1) is 11.5 Å². The van der Waals surface area contributed by atoms with Gasteiger partial charge in [-0.2, -0.15) is 5.26 Å². The molecule has 2 aromatic carbocycles. The van der Waals surface area contributed by atoms with Crippen molar-refractivity contribution in [3.8, 4) is 11.8 Å². The summed E-state index contributed by atoms with van der Waals surface area (Å²) in [6.45, 7) is 4.20. The molecule has 0 unspecified atom stereocenters. The number of ether oxygens (including phenoxy) is 1. The topological polar surface area (TPSA) is 50.1 Å². The highest BCUT2D eigenvalue weighted by Gasteiger charge is 2.28. The van der Waals surface area contributed by atoms with Gasteiger partial charge in [-0.3, -0.25) is 4.79 Å². The lowest BCUT2D eigenvalue weighted by Crippen LogP contribution is -2.25. The molecule has 0 amide bonds. The molecule has 2 aromatic rings. The van der Waals surface area contributed by atoms with Gasteiger partial charge in [0.25, 0.3) is 0 Å². The van der Waals surface area contributed by atoms with Gasteiger partial charge in [-0.05, 0) is 68.2 Å². The van der Waals surface area contributed by atoms with Gasteiger partial charge >= 0.3 is 5.97 Å². The number of benzene rings is 2. The summed E-state index contributed by atoms with van der Waals surface area (Å²) in [5.74, 6) is 0.645. The van der Waals surface area contributed by atoms with E-state index in [2.05, 4.69) is 44.2 Å². The average Bonchev–Trinajstić information content (AvgIpc) is 2.70. The molecule has 140 valence electrons. The van der Waals surface area contributed by atoms with E-state index in [0.717, 1.165) is 44.1 Å². The molecule has 0 bridgehead atoms. The predicted octanol–water partition coefficient (Wildman–Crippen LogP) is 5.70. The Morgan fingerprint density at radius 2 is 1.81 bits per heavy atom. The third kappa shape index (κ3) is 4.77. The van der Waals surface area contributed by atoms with Crippen LogP contribution in [0.4, 0.5) is 0 Å². The van der Waals surface area contributed by atoms with E-state index < -0.39 is 0 Å². The largest absolute Gasteiger partial charge is 0.425 e. The van der Waals surface area contributed by atoms with Crippen LogP contribution in [0.1, 0.15) is 67.2 Å². The molecule has 1 aliphatic carbocycles. The zero-order chi connectivity index (χ0) is 19.2. The maximum Gasteiger partial charge on any atom is 0.314 e. The van der Waals surface area contributed by atoms with Gasteiger partial charge in [-0.1, -0.05) is 49.2 Å². The second kappa shape index (κ2) is 8.86. The van der Waals surface area contributed by atoms with Crippen molar-refractivity contribution in [3.05, 3.63) is 64.7 Å². The van der Waals surface area contributed by atoms with E-state index >= 15 is 0 Å². The number of nitriles is 1. The van der Waals surface area contributed by atoms with Gasteiger partial charge in [0, 0.05) is 0 Å². The van der Waals surface area contributed by atoms with Crippen LogP contribution in [0.2, 0.25) is 0 Å². The van der Waals surface area contributed by atoms with Crippen LogP contribution in [0.25, 0.3) is 0 Å². The van der Waals surface area contributed by atoms with E-state index in [9.17, 15) is 10.1 Å². The van der Waals surface area contributed by atoms with E-state index in [1.165, 1.54) is 11.1 Å². The Hall–Kier alpha value is -2.60. The lowest BCUT2D eigenvalue weighted by atomic mass is 9.78. The SMILES string of the molecule is CCCc1ccc(OC(=O)C2CCC(c3ccc(C)cc3)CC2)c(C#N)c1. The van der Waals surface area contributed by atoms with Crippen LogP contribution in [-0.2, 0) is 11.2 Å². The summed E-state index contributed by atoms with van der Waals surface area (Å²) in [6, 6.07) is 16.4. The zero-order valence-corrected chi connectivity index (χ0v) is 16.2. The smallest absolute Gasteiger partial charge is 0.314 e. The first-order valence-corrected chi connectivity index (χ1v) is 9.92. The summed E-state index contributed by atoms with van der Waals surface area (Å²) in [4.78, 5) is 12.6. The summed E-state index contributed by atoms with van der Waals surface area (Å²) in [5, 5.41) is 9.37. The van der Waals surface area contributed by atoms with Crippen LogP contribution >= 0.6 is 0 Å². The van der Waals surface area contributed by atoms with E-state index in [1.54, 1.807) is 6.07 Å². The first-order valence-electron chi connectivity index (χ1n) is 9.92. The van der Waals surface area contributed by atoms with Crippen molar-refractivity contribution in [3.63, 3.8) is 0 Å². The molecule has 27 heavy (non-hydrogen) atoms. The van der Waals surface area contributed by atoms with Crippen molar-refractivity contribution in [1.82, 2.24) is 0 Å². The van der Waals surface area contributed by atoms with E-state index in [1.807, 2.05) is 12.1 Å². The van der Waals surface area contributed by atoms with Gasteiger partial charge in [-0.25, -0.2) is 0 Å². The third-order valence-electron chi connectivity index (χ3n) is 5.52. The monoisotopic (exact) mass is 361 g/mol. The Balaban J connectivity index is 1.60. The number of aryl methyl sites for hydroxylation is 2. The standard InChI is InChI=1S/C24H27NO2/c1-3-4-18-7-14-23(22(15-18)16-25)27-24(26)21-12-10-20(11-13-21)19-8-5-17(2)6-9-19/h5-9,14-15,20-21H,3-4,10-13H2,1-2H3. The highest BCUT2D eigenvalue weighted by Crippen LogP contribution is 2.36. The first kappa shape index (κ1) is 19.2. The fraction of sp³-hybridized carbons (Fsp3) is 0.417. The van der Waals surface area contributed by atoms with Crippen LogP contribution < -0.4 is 4.74 Å². The summed E-state index contributed by atoms with van der Waals surface area (Å²) in [5.41, 5.74) is 4.19. The van der Waals surface area contributed by atoms with Gasteiger partial charge in [0.15, 0.2) is 0 Å². The minimum absolute atomic E-state index is 0.0754. The van der Waals surface area contributed by atoms with Crippen molar-refractivity contribution in [1.29, 1.82) is 5.26 Å². The number of carbonyl (C=O) groups is 1. The molecule has 0 spiro atoms. The normalized spacial score (nSPS) is 19.3. The molecule has 3 heteroatoms. The van der Waals surface area contributed by atoms with Crippen LogP contribution in [-0.4, -0.2) is 5.97 Å². The molecule has 0 aliphatic heterocycles. The Kier molecular flexibility index (Phi) is 6.29. The van der Waals surface area contributed by atoms with Gasteiger partial charge in [-0.15, -0.1) is 0 Å². The number of rotatable bonds is 5. The van der Waals surface area contributed by atoms with Crippen molar-refractivity contribution in [2.24, 2.45) is 5.92 Å². The van der Waals surface area contributed by atoms with Gasteiger partial charge < -0.3 is 4.74 Å². The van der Waals surface area contributed by atoms with Crippen molar-refractivity contribution in [2.75, 3.05) is 0 Å². The minimum atomic E-state index is -0.197. The third-order valence-corrected chi connectivity index (χ3v) is 5.52. The molecule has 0 aromatic heterocycles. The zero-order valence-electron chi connectivity index (χ0n) is 16.2. The van der Waals surface area contributed by atoms with Gasteiger partial charge in [0.1, 0.15) is 11.8 Å². The summed E-state index contributed by atoms with van der Waals surface area (Å²) < 4.78 is 5.60. The number of hydrogen-bond donors (Lipinski definition) is 0. The molecular weight excluding hydrogens is 334 g/mol. The highest BCUT2D eigenvalue weighted by atomic mass is 16.5. The quantitative estimate of drug-likeness (QED) is 0.507. The molecule has 0 saturated heterocycles. The second-order valence-corrected chi connectivity index (χ2v) is 7.57. The number of esters is 1. The molecule has 3 nitrogen and oxygen atoms in total. The molecule has 1 aliphatic rings. The number of carbonyl (C=O) groups excluding carboxylic acids is 1. The Bertz CT molecular complexity index is 824. The average molecular weight is 361 g/mol. The number of hydrogen-bond acceptors (Lipinski definition) is 3. The predicted molar refractivity (Wildman–Crippen MR) is 107 cm³/mol. The molecule has 0 N–H and O–H groups in total. The summed E-state index contributed by atoms with van der Waals surface area (Å²) >= 11 is 0. The Labute approximate surface area is 162 Å². The lowest BCUT2D eigenvalue weighted by molar-refractivity contribution is -0.140. The maximum absolute atomic E-state index is 12.6.